The third kappa shape index (κ3) is 5.58. The van der Waals surface area contributed by atoms with Crippen LogP contribution in [0.25, 0.3) is 10.4 Å². The van der Waals surface area contributed by atoms with E-state index in [9.17, 15) is 19.8 Å². The highest BCUT2D eigenvalue weighted by molar-refractivity contribution is 7.13. The Hall–Kier alpha value is -2.20. The number of nitrogens with zero attached hydrogens (tertiary/aromatic N) is 2. The predicted octanol–water partition coefficient (Wildman–Crippen LogP) is 2.20. The molecule has 1 aliphatic heterocycles. The number of hydrogen-bond acceptors (Lipinski definition) is 7. The number of aromatic hydroxyl groups is 1. The van der Waals surface area contributed by atoms with E-state index in [0.717, 1.165) is 16.1 Å². The van der Waals surface area contributed by atoms with Crippen molar-refractivity contribution in [2.75, 3.05) is 6.54 Å². The standard InChI is InChI=1S/C22H30N4O4S.ClH/c1-12-18(31-11-25-12)13-5-6-14(17(28)7-13)9-24-20(29)16-8-15(27)10-26(16)21(30)19(23)22(2,3)4;/h5-7,11,15-16,19,27-28H,8-10,23H2,1-4H3,(H,24,29);1H/t15-,16+,19?;/m1./s1. The van der Waals surface area contributed by atoms with Crippen LogP contribution in [-0.4, -0.2) is 56.6 Å². The van der Waals surface area contributed by atoms with E-state index >= 15 is 0 Å². The van der Waals surface area contributed by atoms with Gasteiger partial charge in [0.2, 0.25) is 11.8 Å². The molecule has 1 aromatic carbocycles. The highest BCUT2D eigenvalue weighted by Gasteiger charge is 2.42. The number of likely N-dealkylation sites (tertiary alicyclic amines) is 1. The number of aliphatic hydroxyl groups is 1. The number of aromatic nitrogens is 1. The van der Waals surface area contributed by atoms with Gasteiger partial charge >= 0.3 is 0 Å². The van der Waals surface area contributed by atoms with Crippen LogP contribution >= 0.6 is 23.7 Å². The van der Waals surface area contributed by atoms with Gasteiger partial charge in [-0.1, -0.05) is 32.9 Å². The van der Waals surface area contributed by atoms with E-state index < -0.39 is 23.6 Å². The molecule has 0 aliphatic carbocycles. The van der Waals surface area contributed by atoms with Crippen LogP contribution in [0.3, 0.4) is 0 Å². The van der Waals surface area contributed by atoms with Crippen LogP contribution in [0.1, 0.15) is 38.4 Å². The lowest BCUT2D eigenvalue weighted by molar-refractivity contribution is -0.141. The molecule has 1 aromatic heterocycles. The molecule has 1 fully saturated rings. The van der Waals surface area contributed by atoms with Crippen LogP contribution in [0.15, 0.2) is 23.7 Å². The monoisotopic (exact) mass is 482 g/mol. The molecule has 1 aliphatic rings. The van der Waals surface area contributed by atoms with Gasteiger partial charge in [0.25, 0.3) is 0 Å². The Kier molecular flexibility index (Phi) is 8.27. The Balaban J connectivity index is 0.00000363. The van der Waals surface area contributed by atoms with Gasteiger partial charge in [-0.2, -0.15) is 0 Å². The summed E-state index contributed by atoms with van der Waals surface area (Å²) >= 11 is 1.50. The number of halogens is 1. The SMILES string of the molecule is Cc1ncsc1-c1ccc(CNC(=O)[C@@H]2C[C@@H](O)CN2C(=O)C(N)C(C)(C)C)c(O)c1.Cl. The maximum atomic E-state index is 12.8. The van der Waals surface area contributed by atoms with E-state index in [4.69, 9.17) is 5.73 Å². The second kappa shape index (κ2) is 10.2. The lowest BCUT2D eigenvalue weighted by Crippen LogP contribution is -2.54. The Morgan fingerprint density at radius 3 is 2.62 bits per heavy atom. The zero-order valence-corrected chi connectivity index (χ0v) is 20.3. The molecular weight excluding hydrogens is 452 g/mol. The molecule has 3 rings (SSSR count). The minimum absolute atomic E-state index is 0. The van der Waals surface area contributed by atoms with Gasteiger partial charge in [-0.15, -0.1) is 23.7 Å². The first-order valence-electron chi connectivity index (χ1n) is 10.2. The summed E-state index contributed by atoms with van der Waals surface area (Å²) in [5.41, 5.74) is 9.69. The maximum absolute atomic E-state index is 12.8. The quantitative estimate of drug-likeness (QED) is 0.517. The van der Waals surface area contributed by atoms with E-state index in [0.29, 0.717) is 5.56 Å². The fourth-order valence-corrected chi connectivity index (χ4v) is 4.39. The van der Waals surface area contributed by atoms with Crippen LogP contribution in [0.2, 0.25) is 0 Å². The summed E-state index contributed by atoms with van der Waals surface area (Å²) in [5, 5.41) is 23.3. The number of β-amino-alcohol motifs (C(OH)–C–C–N with tert-alkyl or cyclic N) is 1. The van der Waals surface area contributed by atoms with E-state index in [1.54, 1.807) is 17.6 Å². The molecule has 3 atom stereocenters. The van der Waals surface area contributed by atoms with Crippen LogP contribution in [-0.2, 0) is 16.1 Å². The number of aliphatic hydroxyl groups excluding tert-OH is 1. The van der Waals surface area contributed by atoms with Crippen molar-refractivity contribution in [1.82, 2.24) is 15.2 Å². The molecule has 2 amide bonds. The van der Waals surface area contributed by atoms with Crippen molar-refractivity contribution in [3.05, 3.63) is 35.0 Å². The van der Waals surface area contributed by atoms with Gasteiger partial charge in [-0.05, 0) is 24.0 Å². The average Bonchev–Trinajstić information content (AvgIpc) is 3.30. The van der Waals surface area contributed by atoms with Crippen LogP contribution in [0, 0.1) is 12.3 Å². The third-order valence-electron chi connectivity index (χ3n) is 5.61. The molecule has 1 saturated heterocycles. The second-order valence-electron chi connectivity index (χ2n) is 9.07. The molecule has 1 unspecified atom stereocenters. The number of carbonyl (C=O) groups is 2. The number of aryl methyl sites for hydroxylation is 1. The van der Waals surface area contributed by atoms with Crippen molar-refractivity contribution in [1.29, 1.82) is 0 Å². The van der Waals surface area contributed by atoms with E-state index in [1.165, 1.54) is 16.2 Å². The molecule has 0 radical (unpaired) electrons. The molecule has 176 valence electrons. The summed E-state index contributed by atoms with van der Waals surface area (Å²) in [6.45, 7) is 7.67. The zero-order valence-electron chi connectivity index (χ0n) is 18.7. The van der Waals surface area contributed by atoms with Gasteiger partial charge < -0.3 is 26.2 Å². The van der Waals surface area contributed by atoms with Gasteiger partial charge in [0.1, 0.15) is 11.8 Å². The van der Waals surface area contributed by atoms with Crippen molar-refractivity contribution in [2.24, 2.45) is 11.1 Å². The number of amides is 2. The van der Waals surface area contributed by atoms with E-state index in [2.05, 4.69) is 10.3 Å². The summed E-state index contributed by atoms with van der Waals surface area (Å²) < 4.78 is 0. The third-order valence-corrected chi connectivity index (χ3v) is 6.59. The number of nitrogens with one attached hydrogen (secondary N) is 1. The summed E-state index contributed by atoms with van der Waals surface area (Å²) in [4.78, 5) is 32.2. The molecule has 8 nitrogen and oxygen atoms in total. The lowest BCUT2D eigenvalue weighted by atomic mass is 9.86. The molecule has 0 spiro atoms. The molecule has 32 heavy (non-hydrogen) atoms. The van der Waals surface area contributed by atoms with Crippen molar-refractivity contribution in [2.45, 2.75) is 58.8 Å². The average molecular weight is 483 g/mol. The molecule has 0 bridgehead atoms. The number of phenolic OH excluding ortho intramolecular Hbond substituents is 1. The number of phenols is 1. The number of nitrogens with two attached hydrogens (primary N) is 1. The van der Waals surface area contributed by atoms with Crippen molar-refractivity contribution in [3.63, 3.8) is 0 Å². The van der Waals surface area contributed by atoms with Crippen LogP contribution < -0.4 is 11.1 Å². The zero-order chi connectivity index (χ0) is 22.9. The summed E-state index contributed by atoms with van der Waals surface area (Å²) in [7, 11) is 0. The van der Waals surface area contributed by atoms with Crippen LogP contribution in [0.5, 0.6) is 5.75 Å². The van der Waals surface area contributed by atoms with Crippen molar-refractivity contribution >= 4 is 35.6 Å². The highest BCUT2D eigenvalue weighted by Crippen LogP contribution is 2.31. The molecule has 2 heterocycles. The molecule has 0 saturated carbocycles. The number of thiazole rings is 1. The summed E-state index contributed by atoms with van der Waals surface area (Å²) in [5.74, 6) is -0.663. The van der Waals surface area contributed by atoms with Gasteiger partial charge in [0, 0.05) is 25.1 Å². The largest absolute Gasteiger partial charge is 0.508 e. The first kappa shape index (κ1) is 26.1. The normalized spacial score (nSPS) is 19.4. The highest BCUT2D eigenvalue weighted by atomic mass is 35.5. The maximum Gasteiger partial charge on any atom is 0.243 e. The van der Waals surface area contributed by atoms with E-state index in [-0.39, 0.29) is 49.5 Å². The Labute approximate surface area is 198 Å². The Morgan fingerprint density at radius 2 is 2.06 bits per heavy atom. The predicted molar refractivity (Wildman–Crippen MR) is 127 cm³/mol. The van der Waals surface area contributed by atoms with E-state index in [1.807, 2.05) is 33.8 Å². The molecule has 5 N–H and O–H groups in total. The van der Waals surface area contributed by atoms with Crippen LogP contribution in [0.4, 0.5) is 0 Å². The van der Waals surface area contributed by atoms with Gasteiger partial charge in [-0.25, -0.2) is 4.98 Å². The van der Waals surface area contributed by atoms with Gasteiger partial charge in [0.15, 0.2) is 0 Å². The van der Waals surface area contributed by atoms with Crippen molar-refractivity contribution in [3.8, 4) is 16.2 Å². The summed E-state index contributed by atoms with van der Waals surface area (Å²) in [6.07, 6.45) is -0.619. The van der Waals surface area contributed by atoms with Gasteiger partial charge in [0.05, 0.1) is 28.2 Å². The first-order valence-corrected chi connectivity index (χ1v) is 11.1. The Bertz CT molecular complexity index is 975. The fraction of sp³-hybridized carbons (Fsp3) is 0.500. The minimum atomic E-state index is -0.794. The van der Waals surface area contributed by atoms with Gasteiger partial charge in [-0.3, -0.25) is 9.59 Å². The summed E-state index contributed by atoms with van der Waals surface area (Å²) in [6, 6.07) is 3.71. The fourth-order valence-electron chi connectivity index (χ4n) is 3.59. The number of carbonyl (C=O) groups excluding carboxylic acids is 2. The second-order valence-corrected chi connectivity index (χ2v) is 9.92. The topological polar surface area (TPSA) is 129 Å². The number of hydrogen-bond donors (Lipinski definition) is 4. The lowest BCUT2D eigenvalue weighted by Gasteiger charge is -2.32. The smallest absolute Gasteiger partial charge is 0.243 e. The first-order chi connectivity index (χ1) is 14.5. The molecular formula is C22H31ClN4O4S. The number of rotatable bonds is 5. The molecule has 2 aromatic rings. The van der Waals surface area contributed by atoms with Crippen molar-refractivity contribution < 1.29 is 19.8 Å². The minimum Gasteiger partial charge on any atom is -0.508 e. The Morgan fingerprint density at radius 1 is 1.38 bits per heavy atom. The number of benzene rings is 1. The molecule has 10 heteroatoms.